The molecule has 10 heteroatoms. The number of amides is 1. The van der Waals surface area contributed by atoms with Crippen LogP contribution in [-0.4, -0.2) is 47.1 Å². The molecule has 1 aliphatic heterocycles. The summed E-state index contributed by atoms with van der Waals surface area (Å²) in [5.41, 5.74) is 0.437. The number of aryl methyl sites for hydroxylation is 1. The maximum atomic E-state index is 13.3. The van der Waals surface area contributed by atoms with Crippen LogP contribution in [0, 0.1) is 6.92 Å². The Morgan fingerprint density at radius 1 is 1.10 bits per heavy atom. The highest BCUT2D eigenvalue weighted by Crippen LogP contribution is 2.36. The van der Waals surface area contributed by atoms with Crippen LogP contribution in [0.3, 0.4) is 0 Å². The van der Waals surface area contributed by atoms with Gasteiger partial charge in [0.05, 0.1) is 10.6 Å². The fraction of sp³-hybridized carbons (Fsp3) is 0.286. The van der Waals surface area contributed by atoms with Gasteiger partial charge in [-0.3, -0.25) is 4.79 Å². The highest BCUT2D eigenvalue weighted by Gasteiger charge is 2.37. The van der Waals surface area contributed by atoms with Crippen molar-refractivity contribution in [3.8, 4) is 11.3 Å². The average Bonchev–Trinajstić information content (AvgIpc) is 3.14. The maximum Gasteiger partial charge on any atom is 0.419 e. The van der Waals surface area contributed by atoms with Gasteiger partial charge in [-0.15, -0.1) is 0 Å². The van der Waals surface area contributed by atoms with E-state index in [0.29, 0.717) is 27.6 Å². The van der Waals surface area contributed by atoms with Crippen LogP contribution in [0.2, 0.25) is 5.02 Å². The molecule has 0 unspecified atom stereocenters. The summed E-state index contributed by atoms with van der Waals surface area (Å²) in [5.74, 6) is -0.0724. The summed E-state index contributed by atoms with van der Waals surface area (Å²) in [4.78, 5) is 20.3. The molecule has 1 amide bonds. The van der Waals surface area contributed by atoms with Gasteiger partial charge in [-0.05, 0) is 25.1 Å². The summed E-state index contributed by atoms with van der Waals surface area (Å²) in [6.07, 6.45) is -3.17. The number of alkyl halides is 3. The van der Waals surface area contributed by atoms with E-state index in [1.54, 1.807) is 41.0 Å². The standard InChI is InChI=1S/C21H18ClF3N4O2/c1-13-17(18(27-31-13)14-5-2-3-7-16(14)22)20(30)29-11-9-28(10-12-29)19-15(21(23,24)25)6-4-8-26-19/h2-8H,9-12H2,1H3. The number of hydrogen-bond acceptors (Lipinski definition) is 5. The van der Waals surface area contributed by atoms with E-state index in [4.69, 9.17) is 16.1 Å². The molecule has 2 aromatic heterocycles. The van der Waals surface area contributed by atoms with Crippen molar-refractivity contribution in [2.75, 3.05) is 31.1 Å². The summed E-state index contributed by atoms with van der Waals surface area (Å²) >= 11 is 6.26. The van der Waals surface area contributed by atoms with E-state index >= 15 is 0 Å². The van der Waals surface area contributed by atoms with Gasteiger partial charge in [0, 0.05) is 37.9 Å². The Kier molecular flexibility index (Phi) is 5.62. The highest BCUT2D eigenvalue weighted by molar-refractivity contribution is 6.33. The van der Waals surface area contributed by atoms with Crippen molar-refractivity contribution in [3.63, 3.8) is 0 Å². The molecule has 0 atom stereocenters. The van der Waals surface area contributed by atoms with Gasteiger partial charge in [-0.1, -0.05) is 35.0 Å². The number of nitrogens with zero attached hydrogens (tertiary/aromatic N) is 4. The molecule has 0 bridgehead atoms. The average molecular weight is 451 g/mol. The Balaban J connectivity index is 1.55. The maximum absolute atomic E-state index is 13.3. The SMILES string of the molecule is Cc1onc(-c2ccccc2Cl)c1C(=O)N1CCN(c2ncccc2C(F)(F)F)CC1. The molecule has 3 aromatic rings. The van der Waals surface area contributed by atoms with Crippen molar-refractivity contribution in [2.24, 2.45) is 0 Å². The van der Waals surface area contributed by atoms with Gasteiger partial charge in [0.1, 0.15) is 22.8 Å². The van der Waals surface area contributed by atoms with Crippen molar-refractivity contribution < 1.29 is 22.5 Å². The third-order valence-electron chi connectivity index (χ3n) is 5.16. The van der Waals surface area contributed by atoms with E-state index in [9.17, 15) is 18.0 Å². The van der Waals surface area contributed by atoms with Crippen molar-refractivity contribution in [1.29, 1.82) is 0 Å². The zero-order chi connectivity index (χ0) is 22.2. The van der Waals surface area contributed by atoms with E-state index in [1.807, 2.05) is 0 Å². The van der Waals surface area contributed by atoms with Crippen LogP contribution in [0.4, 0.5) is 19.0 Å². The van der Waals surface area contributed by atoms with Crippen molar-refractivity contribution in [1.82, 2.24) is 15.0 Å². The van der Waals surface area contributed by atoms with Crippen LogP contribution in [0.25, 0.3) is 11.3 Å². The largest absolute Gasteiger partial charge is 0.419 e. The third-order valence-corrected chi connectivity index (χ3v) is 5.49. The lowest BCUT2D eigenvalue weighted by molar-refractivity contribution is -0.137. The van der Waals surface area contributed by atoms with Gasteiger partial charge in [0.15, 0.2) is 0 Å². The Morgan fingerprint density at radius 3 is 2.48 bits per heavy atom. The number of piperazine rings is 1. The number of carbonyl (C=O) groups excluding carboxylic acids is 1. The molecule has 0 aliphatic carbocycles. The number of carbonyl (C=O) groups is 1. The van der Waals surface area contributed by atoms with Gasteiger partial charge >= 0.3 is 6.18 Å². The number of pyridine rings is 1. The minimum atomic E-state index is -4.50. The normalized spacial score (nSPS) is 14.7. The molecule has 0 saturated carbocycles. The Hall–Kier alpha value is -3.07. The van der Waals surface area contributed by atoms with Gasteiger partial charge in [0.25, 0.3) is 5.91 Å². The predicted octanol–water partition coefficient (Wildman–Crippen LogP) is 4.68. The van der Waals surface area contributed by atoms with Gasteiger partial charge in [-0.25, -0.2) is 4.98 Å². The summed E-state index contributed by atoms with van der Waals surface area (Å²) in [6.45, 7) is 2.55. The van der Waals surface area contributed by atoms with Crippen LogP contribution >= 0.6 is 11.6 Å². The minimum Gasteiger partial charge on any atom is -0.360 e. The fourth-order valence-corrected chi connectivity index (χ4v) is 3.84. The molecule has 31 heavy (non-hydrogen) atoms. The molecule has 1 saturated heterocycles. The topological polar surface area (TPSA) is 62.5 Å². The van der Waals surface area contributed by atoms with Crippen LogP contribution in [0.1, 0.15) is 21.7 Å². The first-order valence-corrected chi connectivity index (χ1v) is 9.92. The van der Waals surface area contributed by atoms with Gasteiger partial charge < -0.3 is 14.3 Å². The summed E-state index contributed by atoms with van der Waals surface area (Å²) < 4.78 is 45.2. The summed E-state index contributed by atoms with van der Waals surface area (Å²) in [6, 6.07) is 9.26. The third kappa shape index (κ3) is 4.10. The van der Waals surface area contributed by atoms with Crippen molar-refractivity contribution in [3.05, 3.63) is 64.5 Å². The second-order valence-corrected chi connectivity index (χ2v) is 7.50. The van der Waals surface area contributed by atoms with Gasteiger partial charge in [0.2, 0.25) is 0 Å². The molecule has 6 nitrogen and oxygen atoms in total. The molecule has 1 fully saturated rings. The number of halogens is 4. The first-order valence-electron chi connectivity index (χ1n) is 9.55. The number of anilines is 1. The molecule has 0 spiro atoms. The first kappa shape index (κ1) is 21.2. The zero-order valence-corrected chi connectivity index (χ0v) is 17.2. The van der Waals surface area contributed by atoms with Crippen molar-refractivity contribution in [2.45, 2.75) is 13.1 Å². The summed E-state index contributed by atoms with van der Waals surface area (Å²) in [5, 5.41) is 4.45. The number of aromatic nitrogens is 2. The summed E-state index contributed by atoms with van der Waals surface area (Å²) in [7, 11) is 0. The second-order valence-electron chi connectivity index (χ2n) is 7.09. The molecule has 0 N–H and O–H groups in total. The van der Waals surface area contributed by atoms with Crippen LogP contribution in [0.5, 0.6) is 0 Å². The lowest BCUT2D eigenvalue weighted by atomic mass is 10.0. The first-order chi connectivity index (χ1) is 14.8. The molecular formula is C21H18ClF3N4O2. The van der Waals surface area contributed by atoms with E-state index in [0.717, 1.165) is 6.07 Å². The number of hydrogen-bond donors (Lipinski definition) is 0. The molecular weight excluding hydrogens is 433 g/mol. The smallest absolute Gasteiger partial charge is 0.360 e. The van der Waals surface area contributed by atoms with Crippen LogP contribution < -0.4 is 4.90 Å². The highest BCUT2D eigenvalue weighted by atomic mass is 35.5. The molecule has 4 rings (SSSR count). The Morgan fingerprint density at radius 2 is 1.81 bits per heavy atom. The second kappa shape index (κ2) is 8.22. The lowest BCUT2D eigenvalue weighted by Crippen LogP contribution is -2.49. The predicted molar refractivity (Wildman–Crippen MR) is 109 cm³/mol. The molecule has 3 heterocycles. The van der Waals surface area contributed by atoms with E-state index in [2.05, 4.69) is 10.1 Å². The van der Waals surface area contributed by atoms with Crippen LogP contribution in [0.15, 0.2) is 47.1 Å². The molecule has 1 aromatic carbocycles. The van der Waals surface area contributed by atoms with E-state index < -0.39 is 11.7 Å². The Bertz CT molecular complexity index is 1110. The van der Waals surface area contributed by atoms with E-state index in [-0.39, 0.29) is 37.9 Å². The number of benzene rings is 1. The fourth-order valence-electron chi connectivity index (χ4n) is 3.61. The number of rotatable bonds is 3. The monoisotopic (exact) mass is 450 g/mol. The van der Waals surface area contributed by atoms with E-state index in [1.165, 1.54) is 12.3 Å². The Labute approximate surface area is 181 Å². The molecule has 0 radical (unpaired) electrons. The van der Waals surface area contributed by atoms with Crippen LogP contribution in [-0.2, 0) is 6.18 Å². The quantitative estimate of drug-likeness (QED) is 0.580. The zero-order valence-electron chi connectivity index (χ0n) is 16.5. The van der Waals surface area contributed by atoms with Gasteiger partial charge in [-0.2, -0.15) is 13.2 Å². The molecule has 1 aliphatic rings. The van der Waals surface area contributed by atoms with Crippen molar-refractivity contribution >= 4 is 23.3 Å². The lowest BCUT2D eigenvalue weighted by Gasteiger charge is -2.36. The molecule has 162 valence electrons. The minimum absolute atomic E-state index is 0.125.